The fourth-order valence-corrected chi connectivity index (χ4v) is 5.13. The lowest BCUT2D eigenvalue weighted by Gasteiger charge is -2.31. The van der Waals surface area contributed by atoms with E-state index in [2.05, 4.69) is 15.0 Å². The molecule has 3 aliphatic rings. The van der Waals surface area contributed by atoms with Crippen molar-refractivity contribution in [1.29, 1.82) is 0 Å². The normalized spacial score (nSPS) is 24.0. The van der Waals surface area contributed by atoms with Crippen molar-refractivity contribution >= 4 is 23.8 Å². The molecule has 0 spiro atoms. The minimum absolute atomic E-state index is 0.0258. The van der Waals surface area contributed by atoms with Crippen LogP contribution in [-0.2, 0) is 19.1 Å². The Hall–Kier alpha value is -3.38. The number of nitrogens with zero attached hydrogens (tertiary/aromatic N) is 2. The van der Waals surface area contributed by atoms with Crippen LogP contribution in [0, 0.1) is 5.92 Å². The summed E-state index contributed by atoms with van der Waals surface area (Å²) in [6, 6.07) is -0.445. The molecule has 0 aromatic rings. The number of nitrogens with one attached hydrogen (secondary N) is 1. The first-order chi connectivity index (χ1) is 19.8. The largest absolute Gasteiger partial charge is 0.800 e. The van der Waals surface area contributed by atoms with Gasteiger partial charge in [-0.2, -0.15) is 26.3 Å². The summed E-state index contributed by atoms with van der Waals surface area (Å²) in [4.78, 5) is 27.4. The number of amides is 1. The van der Waals surface area contributed by atoms with Crippen LogP contribution < -0.4 is 5.32 Å². The number of hydrogen-bond acceptors (Lipinski definition) is 5. The molecule has 232 valence electrons. The fraction of sp³-hybridized carbons (Fsp3) is 0.586. The molecule has 0 saturated heterocycles. The molecule has 0 aromatic carbocycles. The average molecular weight is 603 g/mol. The average Bonchev–Trinajstić information content (AvgIpc) is 2.91. The fourth-order valence-electron chi connectivity index (χ4n) is 5.13. The standard InChI is InChI=1S/C29H34F6N3O4/c1-2-41-25(39)17-37-16-24(26(36)29(33,34)35)27(40)38-21-10-6-18(7-11-21)14-19-4-3-5-23(15-19)42-22-12-8-20(9-13-22)28(30,31)32/h5,14-17,20-22H,2-4,6-13H2,1H3,(H,38,40)/q-1/b18-14?,24-16+,37-17?. The van der Waals surface area contributed by atoms with E-state index in [0.717, 1.165) is 24.0 Å². The summed E-state index contributed by atoms with van der Waals surface area (Å²) >= 11 is 0. The van der Waals surface area contributed by atoms with Gasteiger partial charge in [-0.3, -0.25) is 9.79 Å². The van der Waals surface area contributed by atoms with Crippen LogP contribution in [0.15, 0.2) is 51.9 Å². The number of esters is 1. The molecule has 1 N–H and O–H groups in total. The van der Waals surface area contributed by atoms with Crippen molar-refractivity contribution < 1.29 is 45.4 Å². The Bertz CT molecular complexity index is 1150. The molecule has 13 heteroatoms. The first-order valence-electron chi connectivity index (χ1n) is 13.9. The third-order valence-electron chi connectivity index (χ3n) is 7.34. The summed E-state index contributed by atoms with van der Waals surface area (Å²) in [5.41, 5.74) is -1.13. The maximum Gasteiger partial charge on any atom is 0.395 e. The van der Waals surface area contributed by atoms with Gasteiger partial charge in [-0.25, -0.2) is 4.79 Å². The summed E-state index contributed by atoms with van der Waals surface area (Å²) in [5.74, 6) is -2.71. The Morgan fingerprint density at radius 1 is 1.05 bits per heavy atom. The van der Waals surface area contributed by atoms with E-state index in [9.17, 15) is 41.3 Å². The van der Waals surface area contributed by atoms with Crippen LogP contribution in [0.5, 0.6) is 0 Å². The minimum Gasteiger partial charge on any atom is -0.800 e. The molecular weight excluding hydrogens is 568 g/mol. The zero-order chi connectivity index (χ0) is 30.9. The summed E-state index contributed by atoms with van der Waals surface area (Å²) in [5, 5.41) is 12.1. The first-order valence-corrected chi connectivity index (χ1v) is 13.9. The van der Waals surface area contributed by atoms with Crippen molar-refractivity contribution in [3.05, 3.63) is 52.3 Å². The Morgan fingerprint density at radius 2 is 1.71 bits per heavy atom. The second kappa shape index (κ2) is 14.7. The zero-order valence-electron chi connectivity index (χ0n) is 23.2. The molecular formula is C29H34F6N3O4-. The number of carbonyl (C=O) groups is 2. The lowest BCUT2D eigenvalue weighted by molar-refractivity contribution is -0.186. The van der Waals surface area contributed by atoms with E-state index >= 15 is 0 Å². The zero-order valence-corrected chi connectivity index (χ0v) is 23.2. The summed E-state index contributed by atoms with van der Waals surface area (Å²) in [6.45, 7) is 1.56. The van der Waals surface area contributed by atoms with Gasteiger partial charge in [0.1, 0.15) is 12.0 Å². The number of hydrogen-bond donors (Lipinski definition) is 1. The minimum atomic E-state index is -5.20. The lowest BCUT2D eigenvalue weighted by atomic mass is 9.87. The van der Waals surface area contributed by atoms with E-state index in [-0.39, 0.29) is 25.6 Å². The molecule has 7 nitrogen and oxygen atoms in total. The maximum atomic E-state index is 13.1. The molecule has 0 heterocycles. The number of carbonyl (C=O) groups excluding carboxylic acids is 2. The third kappa shape index (κ3) is 10.2. The Labute approximate surface area is 240 Å². The summed E-state index contributed by atoms with van der Waals surface area (Å²) in [7, 11) is 0. The first kappa shape index (κ1) is 33.1. The van der Waals surface area contributed by atoms with Crippen LogP contribution in [0.4, 0.5) is 26.3 Å². The van der Waals surface area contributed by atoms with Gasteiger partial charge >= 0.3 is 18.3 Å². The molecule has 3 rings (SSSR count). The molecule has 2 fully saturated rings. The Balaban J connectivity index is 1.54. The van der Waals surface area contributed by atoms with Crippen LogP contribution in [0.2, 0.25) is 0 Å². The van der Waals surface area contributed by atoms with Crippen LogP contribution in [0.25, 0.3) is 5.41 Å². The Morgan fingerprint density at radius 3 is 2.31 bits per heavy atom. The van der Waals surface area contributed by atoms with Crippen LogP contribution in [-0.4, -0.2) is 54.9 Å². The number of allylic oxidation sites excluding steroid dienone is 5. The highest BCUT2D eigenvalue weighted by Gasteiger charge is 2.42. The summed E-state index contributed by atoms with van der Waals surface area (Å²) in [6.07, 6.45) is 1.72. The quantitative estimate of drug-likeness (QED) is 0.136. The van der Waals surface area contributed by atoms with Gasteiger partial charge in [0.15, 0.2) is 0 Å². The van der Waals surface area contributed by atoms with Crippen LogP contribution >= 0.6 is 0 Å². The van der Waals surface area contributed by atoms with E-state index in [1.807, 2.05) is 18.2 Å². The molecule has 0 radical (unpaired) electrons. The van der Waals surface area contributed by atoms with Gasteiger partial charge in [-0.1, -0.05) is 17.4 Å². The van der Waals surface area contributed by atoms with Crippen molar-refractivity contribution in [2.24, 2.45) is 10.9 Å². The Kier molecular flexibility index (Phi) is 11.6. The second-order valence-corrected chi connectivity index (χ2v) is 10.5. The predicted octanol–water partition coefficient (Wildman–Crippen LogP) is 6.80. The van der Waals surface area contributed by atoms with Crippen molar-refractivity contribution in [2.45, 2.75) is 95.6 Å². The SMILES string of the molecule is CCOC(=O)C=N/C=C(\C(=[N-])C(F)(F)F)C(=O)NC1CCC(=CC2=CC(OC3CCC(C(F)(F)F)CC3)=CCC2)CC1. The monoisotopic (exact) mass is 602 g/mol. The van der Waals surface area contributed by atoms with Gasteiger partial charge in [0, 0.05) is 17.8 Å². The maximum absolute atomic E-state index is 13.1. The van der Waals surface area contributed by atoms with E-state index in [1.54, 1.807) is 0 Å². The van der Waals surface area contributed by atoms with E-state index in [4.69, 9.17) is 4.74 Å². The van der Waals surface area contributed by atoms with E-state index in [0.29, 0.717) is 56.7 Å². The molecule has 3 aliphatic carbocycles. The molecule has 2 saturated carbocycles. The van der Waals surface area contributed by atoms with Crippen molar-refractivity contribution in [1.82, 2.24) is 5.32 Å². The van der Waals surface area contributed by atoms with Gasteiger partial charge < -0.3 is 20.2 Å². The highest BCUT2D eigenvalue weighted by molar-refractivity contribution is 6.26. The van der Waals surface area contributed by atoms with Crippen molar-refractivity contribution in [2.75, 3.05) is 6.61 Å². The molecule has 0 aliphatic heterocycles. The van der Waals surface area contributed by atoms with E-state index in [1.165, 1.54) is 6.92 Å². The molecule has 0 aromatic heterocycles. The highest BCUT2D eigenvalue weighted by Crippen LogP contribution is 2.39. The molecule has 0 unspecified atom stereocenters. The number of ether oxygens (including phenoxy) is 2. The topological polar surface area (TPSA) is 99.3 Å². The second-order valence-electron chi connectivity index (χ2n) is 10.5. The lowest BCUT2D eigenvalue weighted by Crippen LogP contribution is -2.40. The van der Waals surface area contributed by atoms with Gasteiger partial charge in [0.2, 0.25) is 0 Å². The highest BCUT2D eigenvalue weighted by atomic mass is 19.4. The van der Waals surface area contributed by atoms with E-state index < -0.39 is 47.5 Å². The van der Waals surface area contributed by atoms with Gasteiger partial charge in [0.05, 0.1) is 18.6 Å². The summed E-state index contributed by atoms with van der Waals surface area (Å²) < 4.78 is 88.7. The van der Waals surface area contributed by atoms with Gasteiger partial charge in [-0.15, -0.1) is 0 Å². The predicted molar refractivity (Wildman–Crippen MR) is 144 cm³/mol. The van der Waals surface area contributed by atoms with Gasteiger partial charge in [0.25, 0.3) is 5.91 Å². The van der Waals surface area contributed by atoms with Crippen molar-refractivity contribution in [3.63, 3.8) is 0 Å². The van der Waals surface area contributed by atoms with Crippen molar-refractivity contribution in [3.8, 4) is 0 Å². The molecule has 42 heavy (non-hydrogen) atoms. The number of halogens is 6. The number of rotatable bonds is 9. The smallest absolute Gasteiger partial charge is 0.395 e. The van der Waals surface area contributed by atoms with Crippen LogP contribution in [0.1, 0.15) is 71.1 Å². The molecule has 1 amide bonds. The molecule has 0 atom stereocenters. The number of aliphatic imine (C=N–C) groups is 1. The third-order valence-corrected chi connectivity index (χ3v) is 7.34. The molecule has 0 bridgehead atoms. The number of alkyl halides is 6. The van der Waals surface area contributed by atoms with Crippen LogP contribution in [0.3, 0.4) is 0 Å². The van der Waals surface area contributed by atoms with Gasteiger partial charge in [-0.05, 0) is 88.9 Å².